The SMILES string of the molecule is CCC(C(=O)NC(C)(C)C)N(Cc1ccccc1Cl)C(=O)CCCN1c2cccc3cccc(c23)S1(=O)=O. The standard InChI is InChI=1S/C29H34ClN3O4S/c1-5-23(28(35)31-29(2,3)4)32(19-21-11-6-7-14-22(21)30)26(34)17-10-18-33-24-15-8-12-20-13-9-16-25(27(20)24)38(33,36)37/h6-9,11-16,23H,5,10,17-19H2,1-4H3,(H,31,35). The number of carbonyl (C=O) groups is 2. The third-order valence-electron chi connectivity index (χ3n) is 6.62. The van der Waals surface area contributed by atoms with Crippen LogP contribution >= 0.6 is 11.6 Å². The van der Waals surface area contributed by atoms with Gasteiger partial charge in [0.05, 0.1) is 10.6 Å². The molecule has 202 valence electrons. The van der Waals surface area contributed by atoms with Crippen LogP contribution in [0.15, 0.2) is 65.6 Å². The molecule has 0 fully saturated rings. The molecule has 0 saturated carbocycles. The predicted molar refractivity (Wildman–Crippen MR) is 152 cm³/mol. The maximum Gasteiger partial charge on any atom is 0.265 e. The van der Waals surface area contributed by atoms with Gasteiger partial charge in [-0.2, -0.15) is 0 Å². The molecule has 0 aliphatic carbocycles. The van der Waals surface area contributed by atoms with E-state index in [-0.39, 0.29) is 31.3 Å². The molecule has 0 aromatic heterocycles. The molecular weight excluding hydrogens is 522 g/mol. The summed E-state index contributed by atoms with van der Waals surface area (Å²) in [7, 11) is -3.70. The second-order valence-electron chi connectivity index (χ2n) is 10.6. The minimum absolute atomic E-state index is 0.0854. The van der Waals surface area contributed by atoms with E-state index in [1.165, 1.54) is 4.31 Å². The van der Waals surface area contributed by atoms with Crippen LogP contribution < -0.4 is 9.62 Å². The maximum absolute atomic E-state index is 13.6. The van der Waals surface area contributed by atoms with Crippen molar-refractivity contribution in [3.63, 3.8) is 0 Å². The van der Waals surface area contributed by atoms with Gasteiger partial charge in [0.1, 0.15) is 6.04 Å². The van der Waals surface area contributed by atoms with Crippen LogP contribution in [0.4, 0.5) is 5.69 Å². The third-order valence-corrected chi connectivity index (χ3v) is 8.84. The molecule has 1 heterocycles. The van der Waals surface area contributed by atoms with E-state index in [0.717, 1.165) is 10.9 Å². The van der Waals surface area contributed by atoms with Crippen molar-refractivity contribution in [2.24, 2.45) is 0 Å². The molecule has 1 unspecified atom stereocenters. The van der Waals surface area contributed by atoms with Crippen LogP contribution in [-0.2, 0) is 26.2 Å². The molecule has 3 aromatic carbocycles. The summed E-state index contributed by atoms with van der Waals surface area (Å²) >= 11 is 6.40. The maximum atomic E-state index is 13.6. The zero-order valence-corrected chi connectivity index (χ0v) is 23.8. The topological polar surface area (TPSA) is 86.8 Å². The lowest BCUT2D eigenvalue weighted by molar-refractivity contribution is -0.142. The molecule has 0 radical (unpaired) electrons. The molecule has 4 rings (SSSR count). The monoisotopic (exact) mass is 555 g/mol. The predicted octanol–water partition coefficient (Wildman–Crippen LogP) is 5.50. The lowest BCUT2D eigenvalue weighted by Crippen LogP contribution is -2.53. The number of amides is 2. The fourth-order valence-electron chi connectivity index (χ4n) is 4.90. The number of nitrogens with zero attached hydrogens (tertiary/aromatic N) is 2. The summed E-state index contributed by atoms with van der Waals surface area (Å²) in [6.45, 7) is 7.90. The summed E-state index contributed by atoms with van der Waals surface area (Å²) in [6.07, 6.45) is 0.816. The third kappa shape index (κ3) is 5.66. The fraction of sp³-hybridized carbons (Fsp3) is 0.379. The first kappa shape index (κ1) is 27.9. The summed E-state index contributed by atoms with van der Waals surface area (Å²) in [5.74, 6) is -0.460. The normalized spacial score (nSPS) is 14.9. The van der Waals surface area contributed by atoms with Crippen LogP contribution in [0.5, 0.6) is 0 Å². The first-order valence-electron chi connectivity index (χ1n) is 12.8. The Balaban J connectivity index is 1.54. The van der Waals surface area contributed by atoms with Crippen LogP contribution in [0.1, 0.15) is 52.5 Å². The molecule has 38 heavy (non-hydrogen) atoms. The molecule has 0 saturated heterocycles. The van der Waals surface area contributed by atoms with Gasteiger partial charge in [0.15, 0.2) is 0 Å². The van der Waals surface area contributed by atoms with Crippen molar-refractivity contribution in [1.29, 1.82) is 0 Å². The molecule has 0 bridgehead atoms. The van der Waals surface area contributed by atoms with Gasteiger partial charge in [-0.3, -0.25) is 13.9 Å². The molecule has 1 N–H and O–H groups in total. The van der Waals surface area contributed by atoms with Crippen LogP contribution in [0, 0.1) is 0 Å². The summed E-state index contributed by atoms with van der Waals surface area (Å²) in [5, 5.41) is 5.08. The van der Waals surface area contributed by atoms with Gasteiger partial charge >= 0.3 is 0 Å². The number of hydrogen-bond acceptors (Lipinski definition) is 4. The van der Waals surface area contributed by atoms with E-state index in [9.17, 15) is 18.0 Å². The largest absolute Gasteiger partial charge is 0.350 e. The first-order valence-corrected chi connectivity index (χ1v) is 14.6. The molecule has 7 nitrogen and oxygen atoms in total. The Hall–Kier alpha value is -3.10. The molecule has 1 atom stereocenters. The molecular formula is C29H34ClN3O4S. The van der Waals surface area contributed by atoms with Crippen molar-refractivity contribution in [3.05, 3.63) is 71.2 Å². The highest BCUT2D eigenvalue weighted by molar-refractivity contribution is 7.93. The van der Waals surface area contributed by atoms with E-state index >= 15 is 0 Å². The van der Waals surface area contributed by atoms with Crippen molar-refractivity contribution < 1.29 is 18.0 Å². The quantitative estimate of drug-likeness (QED) is 0.377. The van der Waals surface area contributed by atoms with E-state index in [0.29, 0.717) is 33.8 Å². The van der Waals surface area contributed by atoms with Crippen LogP contribution in [0.25, 0.3) is 10.8 Å². The smallest absolute Gasteiger partial charge is 0.265 e. The van der Waals surface area contributed by atoms with Gasteiger partial charge < -0.3 is 10.2 Å². The van der Waals surface area contributed by atoms with Crippen molar-refractivity contribution in [3.8, 4) is 0 Å². The first-order chi connectivity index (χ1) is 17.9. The molecule has 3 aromatic rings. The number of benzene rings is 3. The van der Waals surface area contributed by atoms with Gasteiger partial charge in [0, 0.05) is 35.5 Å². The van der Waals surface area contributed by atoms with Crippen molar-refractivity contribution >= 4 is 49.9 Å². The average Bonchev–Trinajstić information content (AvgIpc) is 3.07. The Bertz CT molecular complexity index is 1460. The number of nitrogens with one attached hydrogen (secondary N) is 1. The Morgan fingerprint density at radius 1 is 1.03 bits per heavy atom. The molecule has 9 heteroatoms. The highest BCUT2D eigenvalue weighted by Crippen LogP contribution is 2.42. The summed E-state index contributed by atoms with van der Waals surface area (Å²) in [4.78, 5) is 28.7. The van der Waals surface area contributed by atoms with E-state index in [1.807, 2.05) is 64.1 Å². The molecule has 0 spiro atoms. The van der Waals surface area contributed by atoms with Gasteiger partial charge in [0.25, 0.3) is 10.0 Å². The Morgan fingerprint density at radius 2 is 1.71 bits per heavy atom. The lowest BCUT2D eigenvalue weighted by atomic mass is 10.0. The number of halogens is 1. The van der Waals surface area contributed by atoms with Gasteiger partial charge in [-0.05, 0) is 62.8 Å². The lowest BCUT2D eigenvalue weighted by Gasteiger charge is -2.33. The van der Waals surface area contributed by atoms with Gasteiger partial charge in [0.2, 0.25) is 11.8 Å². The summed E-state index contributed by atoms with van der Waals surface area (Å²) < 4.78 is 28.0. The molecule has 2 amide bonds. The molecule has 1 aliphatic heterocycles. The summed E-state index contributed by atoms with van der Waals surface area (Å²) in [5.41, 5.74) is 0.923. The van der Waals surface area contributed by atoms with Crippen molar-refractivity contribution in [1.82, 2.24) is 10.2 Å². The number of hydrogen-bond donors (Lipinski definition) is 1. The second kappa shape index (κ2) is 10.9. The van der Waals surface area contributed by atoms with Crippen molar-refractivity contribution in [2.45, 2.75) is 70.0 Å². The fourth-order valence-corrected chi connectivity index (χ4v) is 6.84. The highest BCUT2D eigenvalue weighted by Gasteiger charge is 2.36. The number of sulfonamides is 1. The van der Waals surface area contributed by atoms with Crippen molar-refractivity contribution in [2.75, 3.05) is 10.8 Å². The van der Waals surface area contributed by atoms with E-state index < -0.39 is 21.6 Å². The minimum Gasteiger partial charge on any atom is -0.350 e. The molecule has 1 aliphatic rings. The number of carbonyl (C=O) groups excluding carboxylic acids is 2. The zero-order valence-electron chi connectivity index (χ0n) is 22.2. The van der Waals surface area contributed by atoms with Gasteiger partial charge in [-0.15, -0.1) is 0 Å². The van der Waals surface area contributed by atoms with Gasteiger partial charge in [-0.1, -0.05) is 61.0 Å². The zero-order chi connectivity index (χ0) is 27.7. The van der Waals surface area contributed by atoms with Crippen LogP contribution in [-0.4, -0.2) is 43.3 Å². The van der Waals surface area contributed by atoms with Crippen LogP contribution in [0.3, 0.4) is 0 Å². The average molecular weight is 556 g/mol. The number of anilines is 1. The minimum atomic E-state index is -3.70. The Labute approximate surface area is 229 Å². The number of rotatable bonds is 9. The van der Waals surface area contributed by atoms with E-state index in [4.69, 9.17) is 11.6 Å². The van der Waals surface area contributed by atoms with Crippen LogP contribution in [0.2, 0.25) is 5.02 Å². The Kier molecular flexibility index (Phi) is 8.04. The second-order valence-corrected chi connectivity index (χ2v) is 12.8. The van der Waals surface area contributed by atoms with Gasteiger partial charge in [-0.25, -0.2) is 8.42 Å². The summed E-state index contributed by atoms with van der Waals surface area (Å²) in [6, 6.07) is 17.4. The Morgan fingerprint density at radius 3 is 2.37 bits per heavy atom. The van der Waals surface area contributed by atoms with E-state index in [2.05, 4.69) is 5.32 Å². The van der Waals surface area contributed by atoms with E-state index in [1.54, 1.807) is 29.2 Å². The highest BCUT2D eigenvalue weighted by atomic mass is 35.5.